The van der Waals surface area contributed by atoms with E-state index in [1.165, 1.54) is 18.3 Å². The van der Waals surface area contributed by atoms with Gasteiger partial charge in [0, 0.05) is 20.4 Å². The quantitative estimate of drug-likeness (QED) is 0.818. The number of urea groups is 1. The fourth-order valence-electron chi connectivity index (χ4n) is 1.87. The van der Waals surface area contributed by atoms with Gasteiger partial charge in [0.1, 0.15) is 0 Å². The zero-order valence-corrected chi connectivity index (χ0v) is 11.7. The third-order valence-electron chi connectivity index (χ3n) is 2.84. The number of ether oxygens (including phenoxy) is 1. The predicted molar refractivity (Wildman–Crippen MR) is 74.2 cm³/mol. The maximum atomic E-state index is 12.7. The Morgan fingerprint density at radius 1 is 1.48 bits per heavy atom. The Labute approximate surface area is 121 Å². The van der Waals surface area contributed by atoms with E-state index in [4.69, 9.17) is 4.74 Å². The van der Waals surface area contributed by atoms with Crippen molar-refractivity contribution in [2.45, 2.75) is 6.04 Å². The Hall–Kier alpha value is -2.48. The number of pyridine rings is 1. The molecule has 21 heavy (non-hydrogen) atoms. The third-order valence-corrected chi connectivity index (χ3v) is 2.84. The van der Waals surface area contributed by atoms with Crippen molar-refractivity contribution >= 4 is 11.7 Å². The molecule has 0 fully saturated rings. The lowest BCUT2D eigenvalue weighted by molar-refractivity contribution is 0.165. The number of nitrogens with zero attached hydrogens (tertiary/aromatic N) is 3. The first kappa shape index (κ1) is 14.9. The normalized spacial score (nSPS) is 12.0. The van der Waals surface area contributed by atoms with Crippen LogP contribution in [0.25, 0.3) is 0 Å². The van der Waals surface area contributed by atoms with Gasteiger partial charge in [-0.15, -0.1) is 0 Å². The summed E-state index contributed by atoms with van der Waals surface area (Å²) >= 11 is 0. The summed E-state index contributed by atoms with van der Waals surface area (Å²) in [5.74, 6) is -0.604. The second kappa shape index (κ2) is 6.80. The topological polar surface area (TPSA) is 81.1 Å². The summed E-state index contributed by atoms with van der Waals surface area (Å²) in [4.78, 5) is 15.4. The van der Waals surface area contributed by atoms with Gasteiger partial charge in [0.15, 0.2) is 0 Å². The Kier molecular flexibility index (Phi) is 4.83. The van der Waals surface area contributed by atoms with Crippen molar-refractivity contribution in [2.24, 2.45) is 7.05 Å². The van der Waals surface area contributed by atoms with Gasteiger partial charge in [0.05, 0.1) is 30.2 Å². The minimum atomic E-state index is -0.604. The molecule has 2 aromatic rings. The Balaban J connectivity index is 2.01. The largest absolute Gasteiger partial charge is 0.382 e. The first-order valence-corrected chi connectivity index (χ1v) is 6.26. The average Bonchev–Trinajstić information content (AvgIpc) is 2.87. The number of carbonyl (C=O) groups excluding carboxylic acids is 1. The van der Waals surface area contributed by atoms with Crippen LogP contribution in [0.4, 0.5) is 14.9 Å². The van der Waals surface area contributed by atoms with Crippen LogP contribution in [0.15, 0.2) is 30.6 Å². The molecule has 1 atom stereocenters. The van der Waals surface area contributed by atoms with Crippen LogP contribution in [0.3, 0.4) is 0 Å². The lowest BCUT2D eigenvalue weighted by Crippen LogP contribution is -2.35. The first-order valence-electron chi connectivity index (χ1n) is 6.26. The third kappa shape index (κ3) is 3.99. The van der Waals surface area contributed by atoms with Crippen LogP contribution in [-0.2, 0) is 11.8 Å². The molecule has 0 saturated carbocycles. The molecule has 2 amide bonds. The Morgan fingerprint density at radius 3 is 2.86 bits per heavy atom. The molecule has 1 unspecified atom stereocenters. The smallest absolute Gasteiger partial charge is 0.319 e. The molecule has 0 radical (unpaired) electrons. The summed E-state index contributed by atoms with van der Waals surface area (Å²) in [7, 11) is 3.33. The van der Waals surface area contributed by atoms with Crippen molar-refractivity contribution in [1.82, 2.24) is 20.1 Å². The number of carbonyl (C=O) groups is 1. The number of amides is 2. The van der Waals surface area contributed by atoms with E-state index in [9.17, 15) is 9.18 Å². The number of aryl methyl sites for hydroxylation is 1. The van der Waals surface area contributed by atoms with Crippen LogP contribution < -0.4 is 10.6 Å². The molecule has 0 saturated heterocycles. The average molecular weight is 293 g/mol. The van der Waals surface area contributed by atoms with E-state index >= 15 is 0 Å². The fourth-order valence-corrected chi connectivity index (χ4v) is 1.87. The highest BCUT2D eigenvalue weighted by Crippen LogP contribution is 2.12. The van der Waals surface area contributed by atoms with Crippen molar-refractivity contribution in [3.8, 4) is 0 Å². The molecule has 0 aliphatic heterocycles. The van der Waals surface area contributed by atoms with Gasteiger partial charge in [0.2, 0.25) is 5.95 Å². The summed E-state index contributed by atoms with van der Waals surface area (Å²) in [6.45, 7) is 0.300. The van der Waals surface area contributed by atoms with Crippen molar-refractivity contribution < 1.29 is 13.9 Å². The van der Waals surface area contributed by atoms with Crippen molar-refractivity contribution in [1.29, 1.82) is 0 Å². The number of hydrogen-bond acceptors (Lipinski definition) is 4. The lowest BCUT2D eigenvalue weighted by Gasteiger charge is -2.18. The maximum Gasteiger partial charge on any atom is 0.319 e. The first-order chi connectivity index (χ1) is 10.1. The molecule has 2 N–H and O–H groups in total. The lowest BCUT2D eigenvalue weighted by atomic mass is 10.2. The monoisotopic (exact) mass is 293 g/mol. The van der Waals surface area contributed by atoms with Crippen LogP contribution in [0.1, 0.15) is 11.7 Å². The van der Waals surface area contributed by atoms with Crippen LogP contribution >= 0.6 is 0 Å². The molecule has 2 rings (SSSR count). The van der Waals surface area contributed by atoms with Gasteiger partial charge < -0.3 is 15.4 Å². The number of hydrogen-bond donors (Lipinski definition) is 2. The molecule has 0 aromatic carbocycles. The highest BCUT2D eigenvalue weighted by molar-refractivity contribution is 5.89. The van der Waals surface area contributed by atoms with Gasteiger partial charge in [0.25, 0.3) is 0 Å². The highest BCUT2D eigenvalue weighted by atomic mass is 19.1. The highest BCUT2D eigenvalue weighted by Gasteiger charge is 2.17. The molecule has 8 heteroatoms. The van der Waals surface area contributed by atoms with Crippen molar-refractivity contribution in [2.75, 3.05) is 19.0 Å². The number of rotatable bonds is 5. The Bertz CT molecular complexity index is 599. The van der Waals surface area contributed by atoms with E-state index in [-0.39, 0.29) is 6.04 Å². The van der Waals surface area contributed by atoms with Crippen molar-refractivity contribution in [3.05, 3.63) is 42.2 Å². The number of halogens is 1. The molecule has 0 aliphatic carbocycles. The summed E-state index contributed by atoms with van der Waals surface area (Å²) in [5.41, 5.74) is 1.21. The number of methoxy groups -OCH3 is 1. The van der Waals surface area contributed by atoms with Crippen LogP contribution in [0, 0.1) is 5.95 Å². The summed E-state index contributed by atoms with van der Waals surface area (Å²) in [5, 5.41) is 9.40. The number of aromatic nitrogens is 3. The minimum Gasteiger partial charge on any atom is -0.382 e. The number of anilines is 1. The molecule has 0 aliphatic rings. The van der Waals surface area contributed by atoms with Gasteiger partial charge in [-0.1, -0.05) is 0 Å². The molecule has 0 spiro atoms. The van der Waals surface area contributed by atoms with Crippen LogP contribution in [-0.4, -0.2) is 34.5 Å². The molecule has 2 heterocycles. The molecule has 2 aromatic heterocycles. The van der Waals surface area contributed by atoms with E-state index in [2.05, 4.69) is 20.7 Å². The predicted octanol–water partition coefficient (Wildman–Crippen LogP) is 1.46. The molecular weight excluding hydrogens is 277 g/mol. The molecule has 7 nitrogen and oxygen atoms in total. The molecule has 0 bridgehead atoms. The van der Waals surface area contributed by atoms with Gasteiger partial charge in [-0.25, -0.2) is 9.78 Å². The second-order valence-electron chi connectivity index (χ2n) is 4.36. The van der Waals surface area contributed by atoms with Gasteiger partial charge >= 0.3 is 6.03 Å². The molecular formula is C13H16FN5O2. The zero-order chi connectivity index (χ0) is 15.2. The van der Waals surface area contributed by atoms with Crippen molar-refractivity contribution in [3.63, 3.8) is 0 Å². The van der Waals surface area contributed by atoms with E-state index in [0.29, 0.717) is 12.3 Å². The Morgan fingerprint density at radius 2 is 2.29 bits per heavy atom. The molecule has 112 valence electrons. The second-order valence-corrected chi connectivity index (χ2v) is 4.36. The number of nitrogens with one attached hydrogen (secondary N) is 2. The van der Waals surface area contributed by atoms with Crippen LogP contribution in [0.2, 0.25) is 0 Å². The minimum absolute atomic E-state index is 0.300. The fraction of sp³-hybridized carbons (Fsp3) is 0.308. The van der Waals surface area contributed by atoms with E-state index < -0.39 is 12.0 Å². The summed E-state index contributed by atoms with van der Waals surface area (Å²) in [6.07, 6.45) is 2.88. The summed E-state index contributed by atoms with van der Waals surface area (Å²) in [6, 6.07) is 3.60. The maximum absolute atomic E-state index is 12.7. The van der Waals surface area contributed by atoms with E-state index in [1.54, 1.807) is 31.1 Å². The van der Waals surface area contributed by atoms with Gasteiger partial charge in [-0.2, -0.15) is 9.49 Å². The standard InChI is InChI=1S/C13H16FN5O2/c1-19-11(5-6-16-19)10(8-21-2)18-13(20)17-9-3-4-12(14)15-7-9/h3-7,10H,8H2,1-2H3,(H2,17,18,20). The van der Waals surface area contributed by atoms with Gasteiger partial charge in [-0.3, -0.25) is 4.68 Å². The SMILES string of the molecule is COCC(NC(=O)Nc1ccc(F)nc1)c1ccnn1C. The van der Waals surface area contributed by atoms with Crippen LogP contribution in [0.5, 0.6) is 0 Å². The van der Waals surface area contributed by atoms with E-state index in [1.807, 2.05) is 0 Å². The van der Waals surface area contributed by atoms with Gasteiger partial charge in [-0.05, 0) is 18.2 Å². The zero-order valence-electron chi connectivity index (χ0n) is 11.7. The summed E-state index contributed by atoms with van der Waals surface area (Å²) < 4.78 is 19.5. The van der Waals surface area contributed by atoms with E-state index in [0.717, 1.165) is 5.69 Å².